The Bertz CT molecular complexity index is 402. The Balaban J connectivity index is 2.31. The van der Waals surface area contributed by atoms with Gasteiger partial charge in [-0.05, 0) is 19.9 Å². The van der Waals surface area contributed by atoms with Gasteiger partial charge in [0.2, 0.25) is 0 Å². The van der Waals surface area contributed by atoms with Crippen LogP contribution >= 0.6 is 11.6 Å². The predicted octanol–water partition coefficient (Wildman–Crippen LogP) is 2.57. The van der Waals surface area contributed by atoms with Gasteiger partial charge in [-0.3, -0.25) is 0 Å². The predicted molar refractivity (Wildman–Crippen MR) is 66.0 cm³/mol. The van der Waals surface area contributed by atoms with Crippen LogP contribution in [-0.4, -0.2) is 30.3 Å². The van der Waals surface area contributed by atoms with Gasteiger partial charge in [0, 0.05) is 12.1 Å². The lowest BCUT2D eigenvalue weighted by Crippen LogP contribution is -2.48. The number of rotatable bonds is 2. The average molecular weight is 259 g/mol. The van der Waals surface area contributed by atoms with E-state index in [0.29, 0.717) is 6.61 Å². The first-order valence-electron chi connectivity index (χ1n) is 5.70. The van der Waals surface area contributed by atoms with Crippen LogP contribution in [0.3, 0.4) is 0 Å². The van der Waals surface area contributed by atoms with E-state index in [1.807, 2.05) is 6.92 Å². The molecule has 0 saturated carbocycles. The second-order valence-corrected chi connectivity index (χ2v) is 4.68. The highest BCUT2D eigenvalue weighted by Crippen LogP contribution is 2.25. The van der Waals surface area contributed by atoms with Crippen molar-refractivity contribution in [1.82, 2.24) is 4.98 Å². The van der Waals surface area contributed by atoms with Crippen LogP contribution in [0, 0.1) is 5.82 Å². The number of ether oxygens (including phenoxy) is 1. The van der Waals surface area contributed by atoms with Crippen molar-refractivity contribution in [3.8, 4) is 0 Å². The number of alkyl halides is 1. The number of nitrogens with zero attached hydrogens (tertiary/aromatic N) is 2. The largest absolute Gasteiger partial charge is 0.375 e. The third-order valence-corrected chi connectivity index (χ3v) is 3.22. The van der Waals surface area contributed by atoms with E-state index in [0.717, 1.165) is 17.9 Å². The van der Waals surface area contributed by atoms with Gasteiger partial charge in [0.05, 0.1) is 30.8 Å². The molecule has 5 heteroatoms. The van der Waals surface area contributed by atoms with Crippen molar-refractivity contribution >= 4 is 17.4 Å². The maximum absolute atomic E-state index is 13.1. The highest BCUT2D eigenvalue weighted by Gasteiger charge is 2.26. The molecule has 1 aromatic heterocycles. The van der Waals surface area contributed by atoms with E-state index in [2.05, 4.69) is 16.8 Å². The molecule has 3 nitrogen and oxygen atoms in total. The molecule has 1 saturated heterocycles. The molecule has 2 atom stereocenters. The second-order valence-electron chi connectivity index (χ2n) is 4.42. The first kappa shape index (κ1) is 12.6. The molecule has 0 N–H and O–H groups in total. The van der Waals surface area contributed by atoms with E-state index < -0.39 is 0 Å². The van der Waals surface area contributed by atoms with E-state index in [1.165, 1.54) is 12.3 Å². The van der Waals surface area contributed by atoms with Gasteiger partial charge < -0.3 is 9.64 Å². The van der Waals surface area contributed by atoms with Crippen molar-refractivity contribution in [3.05, 3.63) is 23.6 Å². The maximum atomic E-state index is 13.1. The molecule has 0 radical (unpaired) electrons. The Morgan fingerprint density at radius 3 is 3.06 bits per heavy atom. The van der Waals surface area contributed by atoms with Crippen LogP contribution in [0.2, 0.25) is 0 Å². The minimum atomic E-state index is -0.349. The van der Waals surface area contributed by atoms with Gasteiger partial charge >= 0.3 is 0 Å². The van der Waals surface area contributed by atoms with Gasteiger partial charge in [-0.25, -0.2) is 9.37 Å². The molecule has 0 aliphatic carbocycles. The van der Waals surface area contributed by atoms with Gasteiger partial charge in [0.1, 0.15) is 11.6 Å². The Kier molecular flexibility index (Phi) is 3.84. The molecular weight excluding hydrogens is 243 g/mol. The van der Waals surface area contributed by atoms with Crippen LogP contribution in [-0.2, 0) is 10.6 Å². The summed E-state index contributed by atoms with van der Waals surface area (Å²) in [5.74, 6) is 0.681. The van der Waals surface area contributed by atoms with Gasteiger partial charge in [0.15, 0.2) is 0 Å². The fourth-order valence-electron chi connectivity index (χ4n) is 2.03. The van der Waals surface area contributed by atoms with Crippen LogP contribution in [0.5, 0.6) is 0 Å². The summed E-state index contributed by atoms with van der Waals surface area (Å²) < 4.78 is 18.7. The van der Waals surface area contributed by atoms with Crippen LogP contribution in [0.4, 0.5) is 10.2 Å². The minimum absolute atomic E-state index is 0.154. The molecule has 2 unspecified atom stereocenters. The zero-order chi connectivity index (χ0) is 12.4. The molecule has 17 heavy (non-hydrogen) atoms. The van der Waals surface area contributed by atoms with Crippen LogP contribution in [0.15, 0.2) is 12.3 Å². The first-order chi connectivity index (χ1) is 8.11. The van der Waals surface area contributed by atoms with Crippen LogP contribution in [0.1, 0.15) is 19.4 Å². The number of anilines is 1. The van der Waals surface area contributed by atoms with E-state index in [1.54, 1.807) is 0 Å². The average Bonchev–Trinajstić information content (AvgIpc) is 2.32. The summed E-state index contributed by atoms with van der Waals surface area (Å²) in [6, 6.07) is 1.67. The summed E-state index contributed by atoms with van der Waals surface area (Å²) in [7, 11) is 0. The van der Waals surface area contributed by atoms with Crippen LogP contribution in [0.25, 0.3) is 0 Å². The number of halogens is 2. The second kappa shape index (κ2) is 5.19. The lowest BCUT2D eigenvalue weighted by molar-refractivity contribution is 0.0340. The molecule has 0 spiro atoms. The molecule has 1 aromatic rings. The molecule has 2 heterocycles. The fourth-order valence-corrected chi connectivity index (χ4v) is 2.23. The Labute approximate surface area is 106 Å². The first-order valence-corrected chi connectivity index (χ1v) is 6.24. The molecule has 0 bridgehead atoms. The molecule has 1 aliphatic heterocycles. The fraction of sp³-hybridized carbons (Fsp3) is 0.583. The summed E-state index contributed by atoms with van der Waals surface area (Å²) in [6.45, 7) is 5.49. The minimum Gasteiger partial charge on any atom is -0.375 e. The summed E-state index contributed by atoms with van der Waals surface area (Å²) in [6.07, 6.45) is 1.39. The number of pyridine rings is 1. The SMILES string of the molecule is CC1CN(c2ncc(F)cc2CCl)C(C)CO1. The van der Waals surface area contributed by atoms with Crippen molar-refractivity contribution in [2.24, 2.45) is 0 Å². The quantitative estimate of drug-likeness (QED) is 0.763. The summed E-state index contributed by atoms with van der Waals surface area (Å²) in [5, 5.41) is 0. The Morgan fingerprint density at radius 2 is 2.35 bits per heavy atom. The molecule has 94 valence electrons. The molecule has 1 aliphatic rings. The van der Waals surface area contributed by atoms with E-state index in [9.17, 15) is 4.39 Å². The van der Waals surface area contributed by atoms with E-state index in [-0.39, 0.29) is 23.8 Å². The smallest absolute Gasteiger partial charge is 0.141 e. The van der Waals surface area contributed by atoms with E-state index in [4.69, 9.17) is 16.3 Å². The third kappa shape index (κ3) is 2.69. The number of hydrogen-bond donors (Lipinski definition) is 0. The molecule has 2 rings (SSSR count). The molecular formula is C12H16ClFN2O. The third-order valence-electron chi connectivity index (χ3n) is 2.93. The van der Waals surface area contributed by atoms with Gasteiger partial charge in [-0.1, -0.05) is 0 Å². The van der Waals surface area contributed by atoms with Gasteiger partial charge in [-0.2, -0.15) is 0 Å². The number of hydrogen-bond acceptors (Lipinski definition) is 3. The normalized spacial score (nSPS) is 25.1. The van der Waals surface area contributed by atoms with Crippen molar-refractivity contribution in [3.63, 3.8) is 0 Å². The molecule has 0 aromatic carbocycles. The van der Waals surface area contributed by atoms with Crippen molar-refractivity contribution < 1.29 is 9.13 Å². The number of morpholine rings is 1. The van der Waals surface area contributed by atoms with Gasteiger partial charge in [-0.15, -0.1) is 11.6 Å². The standard InChI is InChI=1S/C12H16ClFN2O/c1-8-7-17-9(2)6-16(8)12-10(4-13)3-11(14)5-15-12/h3,5,8-9H,4,6-7H2,1-2H3. The lowest BCUT2D eigenvalue weighted by atomic mass is 10.1. The summed E-state index contributed by atoms with van der Waals surface area (Å²) in [5.41, 5.74) is 0.729. The maximum Gasteiger partial charge on any atom is 0.141 e. The zero-order valence-corrected chi connectivity index (χ0v) is 10.7. The summed E-state index contributed by atoms with van der Waals surface area (Å²) >= 11 is 5.84. The Morgan fingerprint density at radius 1 is 1.59 bits per heavy atom. The van der Waals surface area contributed by atoms with Gasteiger partial charge in [0.25, 0.3) is 0 Å². The lowest BCUT2D eigenvalue weighted by Gasteiger charge is -2.38. The highest BCUT2D eigenvalue weighted by molar-refractivity contribution is 6.17. The van der Waals surface area contributed by atoms with E-state index >= 15 is 0 Å². The Hall–Kier alpha value is -0.870. The molecule has 1 fully saturated rings. The van der Waals surface area contributed by atoms with Crippen molar-refractivity contribution in [2.75, 3.05) is 18.1 Å². The van der Waals surface area contributed by atoms with Crippen molar-refractivity contribution in [1.29, 1.82) is 0 Å². The molecule has 0 amide bonds. The zero-order valence-electron chi connectivity index (χ0n) is 9.99. The topological polar surface area (TPSA) is 25.4 Å². The van der Waals surface area contributed by atoms with Crippen molar-refractivity contribution in [2.45, 2.75) is 31.9 Å². The highest BCUT2D eigenvalue weighted by atomic mass is 35.5. The summed E-state index contributed by atoms with van der Waals surface area (Å²) in [4.78, 5) is 6.30. The monoisotopic (exact) mass is 258 g/mol. The number of aromatic nitrogens is 1. The van der Waals surface area contributed by atoms with Crippen LogP contribution < -0.4 is 4.90 Å².